The number of benzene rings is 1. The summed E-state index contributed by atoms with van der Waals surface area (Å²) in [5.74, 6) is -2.00. The van der Waals surface area contributed by atoms with Crippen molar-refractivity contribution in [2.45, 2.75) is 17.8 Å². The molecule has 9 heteroatoms. The van der Waals surface area contributed by atoms with E-state index in [-0.39, 0.29) is 23.8 Å². The molecule has 2 heterocycles. The van der Waals surface area contributed by atoms with E-state index < -0.39 is 34.5 Å². The molecule has 1 fully saturated rings. The minimum atomic E-state index is -1.44. The van der Waals surface area contributed by atoms with Gasteiger partial charge in [0.2, 0.25) is 11.3 Å². The van der Waals surface area contributed by atoms with Crippen molar-refractivity contribution in [1.29, 1.82) is 0 Å². The van der Waals surface area contributed by atoms with Crippen LogP contribution in [-0.4, -0.2) is 53.9 Å². The van der Waals surface area contributed by atoms with Crippen LogP contribution in [-0.2, 0) is 32.0 Å². The summed E-state index contributed by atoms with van der Waals surface area (Å²) in [5, 5.41) is 11.2. The van der Waals surface area contributed by atoms with Crippen LogP contribution in [0, 0.1) is 0 Å². The molecule has 2 amide bonds. The van der Waals surface area contributed by atoms with Crippen LogP contribution in [0.2, 0.25) is 0 Å². The van der Waals surface area contributed by atoms with E-state index in [1.165, 1.54) is 0 Å². The van der Waals surface area contributed by atoms with Crippen LogP contribution >= 0.6 is 22.6 Å². The van der Waals surface area contributed by atoms with Gasteiger partial charge in [-0.2, -0.15) is 0 Å². The lowest BCUT2D eigenvalue weighted by molar-refractivity contribution is -0.151. The quantitative estimate of drug-likeness (QED) is 0.278. The van der Waals surface area contributed by atoms with Crippen molar-refractivity contribution in [1.82, 2.24) is 10.2 Å². The van der Waals surface area contributed by atoms with Gasteiger partial charge in [-0.25, -0.2) is 4.79 Å². The lowest BCUT2D eigenvalue weighted by Gasteiger charge is -2.48. The number of nitrogens with one attached hydrogen (secondary N) is 1. The van der Waals surface area contributed by atoms with Crippen LogP contribution in [0.3, 0.4) is 0 Å². The van der Waals surface area contributed by atoms with Crippen LogP contribution in [0.25, 0.3) is 0 Å². The Kier molecular flexibility index (Phi) is 5.35. The summed E-state index contributed by atoms with van der Waals surface area (Å²) >= 11 is 0.543. The zero-order valence-electron chi connectivity index (χ0n) is 13.0. The first-order chi connectivity index (χ1) is 11.9. The highest BCUT2D eigenvalue weighted by Gasteiger charge is 2.60. The van der Waals surface area contributed by atoms with Gasteiger partial charge >= 0.3 is 5.97 Å². The third-order valence-electron chi connectivity index (χ3n) is 4.09. The lowest BCUT2D eigenvalue weighted by Crippen LogP contribution is -2.74. The maximum absolute atomic E-state index is 12.4. The molecule has 132 valence electrons. The van der Waals surface area contributed by atoms with Gasteiger partial charge in [0.25, 0.3) is 5.91 Å². The average molecular weight is 474 g/mol. The summed E-state index contributed by atoms with van der Waals surface area (Å²) in [5.41, 5.74) is 1.18. The van der Waals surface area contributed by atoms with Gasteiger partial charge in [-0.15, -0.1) is 0 Å². The highest BCUT2D eigenvalue weighted by atomic mass is 127. The topological polar surface area (TPSA) is 110 Å². The average Bonchev–Trinajstić information content (AvgIpc) is 2.59. The number of fused-ring (bicyclic) bond motifs is 1. The van der Waals surface area contributed by atoms with Crippen molar-refractivity contribution in [3.05, 3.63) is 47.2 Å². The van der Waals surface area contributed by atoms with Gasteiger partial charge in [0.1, 0.15) is 11.4 Å². The van der Waals surface area contributed by atoms with Crippen molar-refractivity contribution in [3.8, 4) is 0 Å². The SMILES string of the molecule is O=C(Cc1ccccc1)NC1C(=O)N2C(C(=O)O)=C(CI)C[S+]([O-])[C@@H]12. The Labute approximate surface area is 160 Å². The smallest absolute Gasteiger partial charge is 0.352 e. The maximum Gasteiger partial charge on any atom is 0.352 e. The van der Waals surface area contributed by atoms with E-state index in [0.717, 1.165) is 10.5 Å². The van der Waals surface area contributed by atoms with Gasteiger partial charge in [0, 0.05) is 10.0 Å². The molecule has 1 saturated heterocycles. The third-order valence-corrected chi connectivity index (χ3v) is 6.67. The van der Waals surface area contributed by atoms with Crippen LogP contribution in [0.1, 0.15) is 5.56 Å². The van der Waals surface area contributed by atoms with E-state index in [9.17, 15) is 24.0 Å². The van der Waals surface area contributed by atoms with Gasteiger partial charge in [0.05, 0.1) is 6.42 Å². The molecular weight excluding hydrogens is 459 g/mol. The molecule has 0 spiro atoms. The normalized spacial score (nSPS) is 25.3. The molecule has 7 nitrogen and oxygen atoms in total. The fourth-order valence-electron chi connectivity index (χ4n) is 2.96. The second-order valence-electron chi connectivity index (χ2n) is 5.72. The molecule has 2 aliphatic heterocycles. The Morgan fingerprint density at radius 1 is 1.36 bits per heavy atom. The number of β-lactam (4-membered cyclic amide) rings is 1. The van der Waals surface area contributed by atoms with Gasteiger partial charge in [0.15, 0.2) is 6.04 Å². The lowest BCUT2D eigenvalue weighted by atomic mass is 10.0. The minimum Gasteiger partial charge on any atom is -0.614 e. The summed E-state index contributed by atoms with van der Waals surface area (Å²) in [7, 11) is 0. The molecule has 1 aromatic carbocycles. The zero-order chi connectivity index (χ0) is 18.1. The molecular formula is C16H15IN2O5S. The summed E-state index contributed by atoms with van der Waals surface area (Å²) in [6.07, 6.45) is 0.102. The number of halogens is 1. The number of carbonyl (C=O) groups is 3. The predicted octanol–water partition coefficient (Wildman–Crippen LogP) is 0.418. The van der Waals surface area contributed by atoms with Crippen LogP contribution in [0.4, 0.5) is 0 Å². The predicted molar refractivity (Wildman–Crippen MR) is 99.3 cm³/mol. The molecule has 2 unspecified atom stereocenters. The molecule has 0 radical (unpaired) electrons. The van der Waals surface area contributed by atoms with Gasteiger partial charge in [-0.3, -0.25) is 14.5 Å². The van der Waals surface area contributed by atoms with E-state index in [1.807, 2.05) is 40.8 Å². The molecule has 1 aromatic rings. The zero-order valence-corrected chi connectivity index (χ0v) is 16.0. The molecule has 0 bridgehead atoms. The fraction of sp³-hybridized carbons (Fsp3) is 0.312. The Bertz CT molecular complexity index is 754. The van der Waals surface area contributed by atoms with E-state index in [0.29, 0.717) is 10.0 Å². The number of amides is 2. The summed E-state index contributed by atoms with van der Waals surface area (Å²) < 4.78 is 12.8. The number of carbonyl (C=O) groups excluding carboxylic acids is 2. The Hall–Kier alpha value is -1.59. The standard InChI is InChI=1S/C16H15IN2O5S/c17-7-10-8-25(24)15-12(14(21)19(15)13(10)16(22)23)18-11(20)6-9-4-2-1-3-5-9/h1-5,12,15H,6-8H2,(H,18,20)(H,22,23)/t12?,15-,25?/m0/s1. The number of carboxylic acids is 1. The maximum atomic E-state index is 12.4. The Morgan fingerprint density at radius 2 is 2.04 bits per heavy atom. The van der Waals surface area contributed by atoms with Gasteiger partial charge in [-0.1, -0.05) is 52.9 Å². The number of alkyl halides is 1. The Balaban J connectivity index is 1.74. The van der Waals surface area contributed by atoms with E-state index in [2.05, 4.69) is 5.32 Å². The van der Waals surface area contributed by atoms with Crippen LogP contribution < -0.4 is 5.32 Å². The number of carboxylic acid groups (broad SMARTS) is 1. The summed E-state index contributed by atoms with van der Waals surface area (Å²) in [6.45, 7) is 0. The first-order valence-electron chi connectivity index (χ1n) is 7.49. The number of hydrogen-bond donors (Lipinski definition) is 2. The van der Waals surface area contributed by atoms with Crippen molar-refractivity contribution in [2.75, 3.05) is 10.2 Å². The van der Waals surface area contributed by atoms with E-state index >= 15 is 0 Å². The van der Waals surface area contributed by atoms with Gasteiger partial charge in [-0.05, 0) is 16.7 Å². The molecule has 0 saturated carbocycles. The molecule has 0 aromatic heterocycles. The van der Waals surface area contributed by atoms with Crippen molar-refractivity contribution in [2.24, 2.45) is 0 Å². The molecule has 3 rings (SSSR count). The van der Waals surface area contributed by atoms with Crippen molar-refractivity contribution >= 4 is 51.6 Å². The molecule has 2 aliphatic rings. The van der Waals surface area contributed by atoms with Crippen LogP contribution in [0.5, 0.6) is 0 Å². The molecule has 0 aliphatic carbocycles. The number of aliphatic carboxylic acids is 1. The van der Waals surface area contributed by atoms with Crippen LogP contribution in [0.15, 0.2) is 41.6 Å². The fourth-order valence-corrected chi connectivity index (χ4v) is 5.64. The highest BCUT2D eigenvalue weighted by molar-refractivity contribution is 14.1. The van der Waals surface area contributed by atoms with E-state index in [1.54, 1.807) is 12.1 Å². The Morgan fingerprint density at radius 3 is 2.64 bits per heavy atom. The number of hydrogen-bond acceptors (Lipinski definition) is 4. The molecule has 2 N–H and O–H groups in total. The number of rotatable bonds is 5. The first kappa shape index (κ1) is 18.2. The molecule has 3 atom stereocenters. The van der Waals surface area contributed by atoms with E-state index in [4.69, 9.17) is 0 Å². The monoisotopic (exact) mass is 474 g/mol. The first-order valence-corrected chi connectivity index (χ1v) is 10.4. The third kappa shape index (κ3) is 3.40. The second-order valence-corrected chi connectivity index (χ2v) is 8.02. The molecule has 25 heavy (non-hydrogen) atoms. The van der Waals surface area contributed by atoms with Crippen molar-refractivity contribution in [3.63, 3.8) is 0 Å². The van der Waals surface area contributed by atoms with Gasteiger partial charge < -0.3 is 15.0 Å². The minimum absolute atomic E-state index is 0.0995. The highest BCUT2D eigenvalue weighted by Crippen LogP contribution is 2.37. The van der Waals surface area contributed by atoms with Crippen molar-refractivity contribution < 1.29 is 24.0 Å². The summed E-state index contributed by atoms with van der Waals surface area (Å²) in [6, 6.07) is 8.11. The summed E-state index contributed by atoms with van der Waals surface area (Å²) in [4.78, 5) is 37.1. The number of nitrogens with zero attached hydrogens (tertiary/aromatic N) is 1. The second kappa shape index (κ2) is 7.34. The largest absolute Gasteiger partial charge is 0.614 e.